The lowest BCUT2D eigenvalue weighted by Gasteiger charge is -1.98. The van der Waals surface area contributed by atoms with Gasteiger partial charge in [0.05, 0.1) is 10.7 Å². The SMILES string of the molecule is O=c1[nH][nH]c(-c2ccccn2)c1N=Nc1ccc(Cl)cc1Cl. The summed E-state index contributed by atoms with van der Waals surface area (Å²) in [6, 6.07) is 10.2. The van der Waals surface area contributed by atoms with Crippen molar-refractivity contribution >= 4 is 34.6 Å². The van der Waals surface area contributed by atoms with E-state index in [1.807, 2.05) is 6.07 Å². The van der Waals surface area contributed by atoms with Crippen LogP contribution in [0.3, 0.4) is 0 Å². The Morgan fingerprint density at radius 1 is 1.05 bits per heavy atom. The van der Waals surface area contributed by atoms with E-state index in [-0.39, 0.29) is 5.69 Å². The van der Waals surface area contributed by atoms with Crippen molar-refractivity contribution in [3.05, 3.63) is 63.0 Å². The first-order valence-corrected chi connectivity index (χ1v) is 6.99. The zero-order valence-corrected chi connectivity index (χ0v) is 12.6. The van der Waals surface area contributed by atoms with Gasteiger partial charge in [-0.2, -0.15) is 0 Å². The second kappa shape index (κ2) is 6.13. The fraction of sp³-hybridized carbons (Fsp3) is 0. The van der Waals surface area contributed by atoms with Crippen LogP contribution in [0, 0.1) is 0 Å². The number of H-pyrrole nitrogens is 2. The van der Waals surface area contributed by atoms with E-state index in [4.69, 9.17) is 23.2 Å². The summed E-state index contributed by atoms with van der Waals surface area (Å²) >= 11 is 11.8. The molecule has 0 fully saturated rings. The van der Waals surface area contributed by atoms with Gasteiger partial charge in [-0.3, -0.25) is 20.0 Å². The fourth-order valence-corrected chi connectivity index (χ4v) is 2.26. The third-order valence-corrected chi connectivity index (χ3v) is 3.38. The van der Waals surface area contributed by atoms with E-state index < -0.39 is 5.56 Å². The minimum absolute atomic E-state index is 0.129. The summed E-state index contributed by atoms with van der Waals surface area (Å²) < 4.78 is 0. The van der Waals surface area contributed by atoms with Crippen molar-refractivity contribution in [2.24, 2.45) is 10.2 Å². The van der Waals surface area contributed by atoms with Gasteiger partial charge in [0.1, 0.15) is 11.4 Å². The molecule has 0 bridgehead atoms. The molecule has 0 aliphatic rings. The minimum atomic E-state index is -0.394. The molecule has 0 saturated heterocycles. The lowest BCUT2D eigenvalue weighted by atomic mass is 10.2. The van der Waals surface area contributed by atoms with Crippen LogP contribution in [0.15, 0.2) is 57.6 Å². The predicted octanol–water partition coefficient (Wildman–Crippen LogP) is 4.49. The molecule has 0 atom stereocenters. The Hall–Kier alpha value is -2.44. The van der Waals surface area contributed by atoms with Crippen LogP contribution in [0.2, 0.25) is 10.0 Å². The predicted molar refractivity (Wildman–Crippen MR) is 85.3 cm³/mol. The second-order valence-corrected chi connectivity index (χ2v) is 5.16. The Morgan fingerprint density at radius 2 is 1.91 bits per heavy atom. The molecule has 0 saturated carbocycles. The van der Waals surface area contributed by atoms with Gasteiger partial charge in [-0.15, -0.1) is 10.2 Å². The average molecular weight is 334 g/mol. The zero-order valence-electron chi connectivity index (χ0n) is 11.0. The van der Waals surface area contributed by atoms with Crippen LogP contribution >= 0.6 is 23.2 Å². The van der Waals surface area contributed by atoms with Gasteiger partial charge in [0.2, 0.25) is 0 Å². The molecular formula is C14H9Cl2N5O. The highest BCUT2D eigenvalue weighted by molar-refractivity contribution is 6.36. The largest absolute Gasteiger partial charge is 0.294 e. The molecule has 1 aromatic carbocycles. The molecule has 3 rings (SSSR count). The van der Waals surface area contributed by atoms with Crippen LogP contribution < -0.4 is 5.56 Å². The van der Waals surface area contributed by atoms with Crippen molar-refractivity contribution in [1.82, 2.24) is 15.2 Å². The lowest BCUT2D eigenvalue weighted by molar-refractivity contribution is 1.05. The number of aromatic nitrogens is 3. The summed E-state index contributed by atoms with van der Waals surface area (Å²) in [5, 5.41) is 14.0. The van der Waals surface area contributed by atoms with Gasteiger partial charge in [0, 0.05) is 11.2 Å². The Labute approximate surface area is 134 Å². The van der Waals surface area contributed by atoms with Crippen LogP contribution in [0.1, 0.15) is 0 Å². The Morgan fingerprint density at radius 3 is 2.64 bits per heavy atom. The minimum Gasteiger partial charge on any atom is -0.294 e. The van der Waals surface area contributed by atoms with Crippen molar-refractivity contribution in [1.29, 1.82) is 0 Å². The van der Waals surface area contributed by atoms with Gasteiger partial charge in [0.25, 0.3) is 5.56 Å². The molecule has 0 spiro atoms. The number of pyridine rings is 1. The number of halogens is 2. The Kier molecular flexibility index (Phi) is 4.04. The molecule has 2 heterocycles. The third-order valence-electron chi connectivity index (χ3n) is 2.84. The fourth-order valence-electron chi connectivity index (χ4n) is 1.81. The summed E-state index contributed by atoms with van der Waals surface area (Å²) in [6.45, 7) is 0. The first-order chi connectivity index (χ1) is 10.6. The molecular weight excluding hydrogens is 325 g/mol. The van der Waals surface area contributed by atoms with Crippen LogP contribution in [0.25, 0.3) is 11.4 Å². The van der Waals surface area contributed by atoms with Crippen molar-refractivity contribution < 1.29 is 0 Å². The molecule has 2 aromatic heterocycles. The molecule has 8 heteroatoms. The number of azo groups is 1. The van der Waals surface area contributed by atoms with Crippen molar-refractivity contribution in [2.75, 3.05) is 0 Å². The topological polar surface area (TPSA) is 86.3 Å². The average Bonchev–Trinajstić information content (AvgIpc) is 2.88. The maximum atomic E-state index is 11.9. The number of rotatable bonds is 3. The standard InChI is InChI=1S/C14H9Cl2N5O/c15-8-4-5-10(9(16)7-8)18-20-13-12(19-21-14(13)22)11-3-1-2-6-17-11/h1-7H,(H2,19,21,22). The highest BCUT2D eigenvalue weighted by Gasteiger charge is 2.12. The highest BCUT2D eigenvalue weighted by Crippen LogP contribution is 2.30. The van der Waals surface area contributed by atoms with Crippen molar-refractivity contribution in [3.63, 3.8) is 0 Å². The third kappa shape index (κ3) is 2.93. The number of nitrogens with zero attached hydrogens (tertiary/aromatic N) is 3. The molecule has 0 radical (unpaired) electrons. The summed E-state index contributed by atoms with van der Waals surface area (Å²) in [7, 11) is 0. The van der Waals surface area contributed by atoms with E-state index in [0.29, 0.717) is 27.1 Å². The van der Waals surface area contributed by atoms with Crippen LogP contribution in [0.5, 0.6) is 0 Å². The molecule has 0 aliphatic carbocycles. The Bertz CT molecular complexity index is 886. The number of nitrogens with one attached hydrogen (secondary N) is 2. The van der Waals surface area contributed by atoms with E-state index in [9.17, 15) is 4.79 Å². The van der Waals surface area contributed by atoms with E-state index in [1.165, 1.54) is 0 Å². The summed E-state index contributed by atoms with van der Waals surface area (Å²) in [4.78, 5) is 16.0. The van der Waals surface area contributed by atoms with Gasteiger partial charge in [-0.05, 0) is 30.3 Å². The molecule has 110 valence electrons. The van der Waals surface area contributed by atoms with Crippen LogP contribution in [-0.2, 0) is 0 Å². The molecule has 2 N–H and O–H groups in total. The molecule has 0 unspecified atom stereocenters. The molecule has 22 heavy (non-hydrogen) atoms. The van der Waals surface area contributed by atoms with E-state index in [1.54, 1.807) is 36.5 Å². The van der Waals surface area contributed by atoms with Gasteiger partial charge >= 0.3 is 0 Å². The number of aromatic amines is 2. The molecule has 0 aliphatic heterocycles. The molecule has 6 nitrogen and oxygen atoms in total. The maximum Gasteiger partial charge on any atom is 0.292 e. The van der Waals surface area contributed by atoms with Gasteiger partial charge < -0.3 is 0 Å². The van der Waals surface area contributed by atoms with Crippen LogP contribution in [-0.4, -0.2) is 15.2 Å². The number of hydrogen-bond donors (Lipinski definition) is 2. The summed E-state index contributed by atoms with van der Waals surface area (Å²) in [5.74, 6) is 0. The van der Waals surface area contributed by atoms with Gasteiger partial charge in [0.15, 0.2) is 5.69 Å². The quantitative estimate of drug-likeness (QED) is 0.692. The molecule has 3 aromatic rings. The van der Waals surface area contributed by atoms with Crippen molar-refractivity contribution in [3.8, 4) is 11.4 Å². The first kappa shape index (κ1) is 14.5. The normalized spacial score (nSPS) is 11.2. The maximum absolute atomic E-state index is 11.9. The van der Waals surface area contributed by atoms with Crippen molar-refractivity contribution in [2.45, 2.75) is 0 Å². The number of benzene rings is 1. The lowest BCUT2D eigenvalue weighted by Crippen LogP contribution is -1.96. The van der Waals surface area contributed by atoms with Gasteiger partial charge in [-0.1, -0.05) is 29.3 Å². The summed E-state index contributed by atoms with van der Waals surface area (Å²) in [6.07, 6.45) is 1.62. The highest BCUT2D eigenvalue weighted by atomic mass is 35.5. The zero-order chi connectivity index (χ0) is 15.5. The van der Waals surface area contributed by atoms with E-state index >= 15 is 0 Å². The number of hydrogen-bond acceptors (Lipinski definition) is 4. The van der Waals surface area contributed by atoms with E-state index in [2.05, 4.69) is 25.4 Å². The van der Waals surface area contributed by atoms with E-state index in [0.717, 1.165) is 0 Å². The molecule has 0 amide bonds. The monoisotopic (exact) mass is 333 g/mol. The summed E-state index contributed by atoms with van der Waals surface area (Å²) in [5.41, 5.74) is 1.19. The Balaban J connectivity index is 2.01. The van der Waals surface area contributed by atoms with Crippen LogP contribution in [0.4, 0.5) is 11.4 Å². The van der Waals surface area contributed by atoms with Gasteiger partial charge in [-0.25, -0.2) is 0 Å². The second-order valence-electron chi connectivity index (χ2n) is 4.31. The first-order valence-electron chi connectivity index (χ1n) is 6.24. The smallest absolute Gasteiger partial charge is 0.292 e.